The first-order valence-corrected chi connectivity index (χ1v) is 7.26. The molecule has 0 spiro atoms. The van der Waals surface area contributed by atoms with Gasteiger partial charge in [0, 0.05) is 6.61 Å². The highest BCUT2D eigenvalue weighted by atomic mass is 16.5. The molecule has 0 heterocycles. The van der Waals surface area contributed by atoms with E-state index in [1.54, 1.807) is 0 Å². The van der Waals surface area contributed by atoms with Gasteiger partial charge in [0.05, 0.1) is 17.6 Å². The normalized spacial score (nSPS) is 37.8. The van der Waals surface area contributed by atoms with Gasteiger partial charge in [0.15, 0.2) is 0 Å². The maximum Gasteiger partial charge on any atom is 0.0684 e. The molecule has 0 radical (unpaired) electrons. The van der Waals surface area contributed by atoms with Crippen molar-refractivity contribution in [1.82, 2.24) is 0 Å². The van der Waals surface area contributed by atoms with Crippen LogP contribution < -0.4 is 0 Å². The van der Waals surface area contributed by atoms with Gasteiger partial charge in [-0.1, -0.05) is 20.8 Å². The van der Waals surface area contributed by atoms with Crippen molar-refractivity contribution in [2.75, 3.05) is 6.61 Å². The smallest absolute Gasteiger partial charge is 0.0684 e. The van der Waals surface area contributed by atoms with Crippen LogP contribution in [0.25, 0.3) is 0 Å². The van der Waals surface area contributed by atoms with Crippen molar-refractivity contribution < 1.29 is 4.74 Å². The summed E-state index contributed by atoms with van der Waals surface area (Å²) in [6, 6.07) is 2.35. The van der Waals surface area contributed by atoms with Crippen molar-refractivity contribution in [3.05, 3.63) is 0 Å². The van der Waals surface area contributed by atoms with E-state index in [9.17, 15) is 0 Å². The van der Waals surface area contributed by atoms with Gasteiger partial charge >= 0.3 is 0 Å². The van der Waals surface area contributed by atoms with Gasteiger partial charge in [0.25, 0.3) is 0 Å². The third kappa shape index (κ3) is 1.97. The van der Waals surface area contributed by atoms with Crippen LogP contribution in [0.3, 0.4) is 0 Å². The maximum atomic E-state index is 9.02. The summed E-state index contributed by atoms with van der Waals surface area (Å²) >= 11 is 0. The molecule has 18 heavy (non-hydrogen) atoms. The van der Waals surface area contributed by atoms with Crippen LogP contribution in [0.1, 0.15) is 60.3 Å². The Morgan fingerprint density at radius 1 is 1.33 bits per heavy atom. The molecule has 0 aliphatic heterocycles. The highest BCUT2D eigenvalue weighted by molar-refractivity contribution is 5.11. The van der Waals surface area contributed by atoms with Crippen LogP contribution in [-0.4, -0.2) is 12.7 Å². The Labute approximate surface area is 112 Å². The SMILES string of the molecule is CC(C)(C#N)CCOC1CC2CCC1(C)C2(C)C. The highest BCUT2D eigenvalue weighted by Gasteiger charge is 2.61. The molecule has 2 saturated carbocycles. The molecule has 0 aromatic rings. The predicted molar refractivity (Wildman–Crippen MR) is 73.0 cm³/mol. The molecule has 2 nitrogen and oxygen atoms in total. The van der Waals surface area contributed by atoms with Gasteiger partial charge in [0.1, 0.15) is 0 Å². The number of rotatable bonds is 4. The molecule has 2 fully saturated rings. The molecule has 0 amide bonds. The minimum atomic E-state index is -0.256. The van der Waals surface area contributed by atoms with Crippen LogP contribution in [0, 0.1) is 33.5 Å². The standard InChI is InChI=1S/C16H27NO/c1-14(2,11-17)8-9-18-13-10-12-6-7-16(13,5)15(12,3)4/h12-13H,6-10H2,1-5H3. The lowest BCUT2D eigenvalue weighted by Gasteiger charge is -2.39. The van der Waals surface area contributed by atoms with Crippen molar-refractivity contribution in [3.8, 4) is 6.07 Å². The Morgan fingerprint density at radius 3 is 2.44 bits per heavy atom. The molecule has 3 unspecified atom stereocenters. The third-order valence-corrected chi connectivity index (χ3v) is 6.06. The predicted octanol–water partition coefficient (Wildman–Crippen LogP) is 4.16. The maximum absolute atomic E-state index is 9.02. The molecular weight excluding hydrogens is 222 g/mol. The lowest BCUT2D eigenvalue weighted by atomic mass is 9.70. The molecule has 2 bridgehead atoms. The largest absolute Gasteiger partial charge is 0.378 e. The molecule has 2 rings (SSSR count). The van der Waals surface area contributed by atoms with Crippen molar-refractivity contribution in [2.24, 2.45) is 22.2 Å². The Morgan fingerprint density at radius 2 is 2.00 bits per heavy atom. The zero-order valence-electron chi connectivity index (χ0n) is 12.5. The molecule has 0 N–H and O–H groups in total. The summed E-state index contributed by atoms with van der Waals surface area (Å²) in [6.45, 7) is 11.9. The van der Waals surface area contributed by atoms with Crippen molar-refractivity contribution in [2.45, 2.75) is 66.4 Å². The monoisotopic (exact) mass is 249 g/mol. The van der Waals surface area contributed by atoms with E-state index < -0.39 is 0 Å². The van der Waals surface area contributed by atoms with Crippen LogP contribution in [0.2, 0.25) is 0 Å². The van der Waals surface area contributed by atoms with E-state index in [-0.39, 0.29) is 5.41 Å². The summed E-state index contributed by atoms with van der Waals surface area (Å²) in [6.07, 6.45) is 5.13. The lowest BCUT2D eigenvalue weighted by molar-refractivity contribution is -0.0514. The van der Waals surface area contributed by atoms with Gasteiger partial charge in [-0.25, -0.2) is 0 Å². The van der Waals surface area contributed by atoms with Gasteiger partial charge in [-0.05, 0) is 56.3 Å². The minimum Gasteiger partial charge on any atom is -0.378 e. The fourth-order valence-corrected chi connectivity index (χ4v) is 3.89. The summed E-state index contributed by atoms with van der Waals surface area (Å²) in [7, 11) is 0. The number of nitrogens with zero attached hydrogens (tertiary/aromatic N) is 1. The molecule has 0 aromatic carbocycles. The van der Waals surface area contributed by atoms with E-state index in [2.05, 4.69) is 26.8 Å². The van der Waals surface area contributed by atoms with E-state index in [0.717, 1.165) is 18.9 Å². The molecule has 0 aromatic heterocycles. The molecule has 2 aliphatic carbocycles. The molecule has 2 aliphatic rings. The first-order valence-electron chi connectivity index (χ1n) is 7.26. The minimum absolute atomic E-state index is 0.256. The second kappa shape index (κ2) is 4.23. The summed E-state index contributed by atoms with van der Waals surface area (Å²) in [5, 5.41) is 9.02. The summed E-state index contributed by atoms with van der Waals surface area (Å²) < 4.78 is 6.16. The fourth-order valence-electron chi connectivity index (χ4n) is 3.89. The second-order valence-electron chi connectivity index (χ2n) is 7.72. The molecular formula is C16H27NO. The van der Waals surface area contributed by atoms with Crippen molar-refractivity contribution >= 4 is 0 Å². The molecule has 3 atom stereocenters. The van der Waals surface area contributed by atoms with Crippen molar-refractivity contribution in [3.63, 3.8) is 0 Å². The van der Waals surface area contributed by atoms with Gasteiger partial charge in [-0.3, -0.25) is 0 Å². The van der Waals surface area contributed by atoms with E-state index >= 15 is 0 Å². The quantitative estimate of drug-likeness (QED) is 0.749. The molecule has 2 heteroatoms. The zero-order valence-corrected chi connectivity index (χ0v) is 12.5. The number of fused-ring (bicyclic) bond motifs is 2. The lowest BCUT2D eigenvalue weighted by Crippen LogP contribution is -2.37. The number of ether oxygens (including phenoxy) is 1. The van der Waals surface area contributed by atoms with Gasteiger partial charge in [-0.2, -0.15) is 5.26 Å². The molecule has 102 valence electrons. The first kappa shape index (κ1) is 13.9. The molecule has 0 saturated heterocycles. The Balaban J connectivity index is 1.92. The zero-order chi connectivity index (χ0) is 13.6. The van der Waals surface area contributed by atoms with Gasteiger partial charge < -0.3 is 4.74 Å². The fraction of sp³-hybridized carbons (Fsp3) is 0.938. The Kier molecular flexibility index (Phi) is 3.26. The first-order chi connectivity index (χ1) is 8.23. The second-order valence-corrected chi connectivity index (χ2v) is 7.72. The number of hydrogen-bond acceptors (Lipinski definition) is 2. The topological polar surface area (TPSA) is 33.0 Å². The van der Waals surface area contributed by atoms with Crippen LogP contribution in [0.4, 0.5) is 0 Å². The van der Waals surface area contributed by atoms with E-state index in [1.807, 2.05) is 13.8 Å². The Hall–Kier alpha value is -0.550. The summed E-state index contributed by atoms with van der Waals surface area (Å²) in [5.41, 5.74) is 0.505. The average molecular weight is 249 g/mol. The van der Waals surface area contributed by atoms with Crippen LogP contribution in [0.15, 0.2) is 0 Å². The van der Waals surface area contributed by atoms with Crippen LogP contribution in [0.5, 0.6) is 0 Å². The number of nitriles is 1. The van der Waals surface area contributed by atoms with Gasteiger partial charge in [-0.15, -0.1) is 0 Å². The van der Waals surface area contributed by atoms with Gasteiger partial charge in [0.2, 0.25) is 0 Å². The van der Waals surface area contributed by atoms with E-state index in [0.29, 0.717) is 16.9 Å². The van der Waals surface area contributed by atoms with Crippen LogP contribution >= 0.6 is 0 Å². The van der Waals surface area contributed by atoms with Crippen molar-refractivity contribution in [1.29, 1.82) is 5.26 Å². The summed E-state index contributed by atoms with van der Waals surface area (Å²) in [4.78, 5) is 0. The average Bonchev–Trinajstić information content (AvgIpc) is 2.62. The third-order valence-electron chi connectivity index (χ3n) is 6.06. The van der Waals surface area contributed by atoms with E-state index in [1.165, 1.54) is 19.3 Å². The van der Waals surface area contributed by atoms with E-state index in [4.69, 9.17) is 10.00 Å². The summed E-state index contributed by atoms with van der Waals surface area (Å²) in [5.74, 6) is 0.830. The van der Waals surface area contributed by atoms with Crippen LogP contribution in [-0.2, 0) is 4.74 Å². The Bertz CT molecular complexity index is 366. The highest BCUT2D eigenvalue weighted by Crippen LogP contribution is 2.66. The number of hydrogen-bond donors (Lipinski definition) is 0.